The van der Waals surface area contributed by atoms with Crippen LogP contribution in [0.15, 0.2) is 18.2 Å². The summed E-state index contributed by atoms with van der Waals surface area (Å²) in [7, 11) is 0. The van der Waals surface area contributed by atoms with E-state index in [2.05, 4.69) is 5.32 Å². The Bertz CT molecular complexity index is 706. The summed E-state index contributed by atoms with van der Waals surface area (Å²) in [5.74, 6) is -0.933. The summed E-state index contributed by atoms with van der Waals surface area (Å²) in [5.41, 5.74) is 5.06. The van der Waals surface area contributed by atoms with Gasteiger partial charge in [-0.15, -0.1) is 0 Å². The highest BCUT2D eigenvalue weighted by Gasteiger charge is 2.47. The topological polar surface area (TPSA) is 78.7 Å². The average Bonchev–Trinajstić information content (AvgIpc) is 2.83. The smallest absolute Gasteiger partial charge is 0.368 e. The third kappa shape index (κ3) is 2.39. The Balaban J connectivity index is 2.15. The first-order chi connectivity index (χ1) is 11.1. The fraction of sp³-hybridized carbons (Fsp3) is 0.467. The Labute approximate surface area is 136 Å². The minimum atomic E-state index is -4.52. The number of piperazine rings is 1. The molecule has 0 bridgehead atoms. The summed E-state index contributed by atoms with van der Waals surface area (Å²) in [5, 5.41) is 3.00. The lowest BCUT2D eigenvalue weighted by Crippen LogP contribution is -2.64. The average molecular weight is 342 g/mol. The quantitative estimate of drug-likeness (QED) is 0.842. The van der Waals surface area contributed by atoms with Crippen LogP contribution in [-0.2, 0) is 15.8 Å². The van der Waals surface area contributed by atoms with Crippen molar-refractivity contribution in [3.8, 4) is 0 Å². The number of nitrogens with one attached hydrogen (secondary N) is 1. The van der Waals surface area contributed by atoms with Crippen LogP contribution in [0.3, 0.4) is 0 Å². The standard InChI is InChI=1S/C15H17F3N4O2/c1-7-14(24)22-10-4-3-9(15(16,17)18)5-11(10)21(8(2)13(19)23)12(22)6-20-7/h3-5,7-8,12,20H,6H2,1-2H3,(H2,19,23)/t7-,8+,12-/m0/s1. The van der Waals surface area contributed by atoms with Crippen molar-refractivity contribution in [2.24, 2.45) is 5.73 Å². The van der Waals surface area contributed by atoms with Gasteiger partial charge in [-0.2, -0.15) is 13.2 Å². The van der Waals surface area contributed by atoms with Gasteiger partial charge in [0.15, 0.2) is 0 Å². The highest BCUT2D eigenvalue weighted by atomic mass is 19.4. The second-order valence-corrected chi connectivity index (χ2v) is 6.01. The van der Waals surface area contributed by atoms with Crippen molar-refractivity contribution in [3.05, 3.63) is 23.8 Å². The molecule has 0 spiro atoms. The number of primary amides is 1. The highest BCUT2D eigenvalue weighted by Crippen LogP contribution is 2.45. The molecule has 6 nitrogen and oxygen atoms in total. The first kappa shape index (κ1) is 16.6. The van der Waals surface area contributed by atoms with Gasteiger partial charge in [0.25, 0.3) is 0 Å². The first-order valence-electron chi connectivity index (χ1n) is 7.48. The van der Waals surface area contributed by atoms with Crippen LogP contribution in [0, 0.1) is 0 Å². The molecule has 1 aromatic carbocycles. The minimum absolute atomic E-state index is 0.186. The fourth-order valence-corrected chi connectivity index (χ4v) is 3.19. The van der Waals surface area contributed by atoms with E-state index in [0.29, 0.717) is 12.2 Å². The monoisotopic (exact) mass is 342 g/mol. The van der Waals surface area contributed by atoms with Crippen LogP contribution < -0.4 is 20.9 Å². The van der Waals surface area contributed by atoms with E-state index in [-0.39, 0.29) is 11.6 Å². The molecular formula is C15H17F3N4O2. The van der Waals surface area contributed by atoms with Gasteiger partial charge in [0, 0.05) is 6.54 Å². The third-order valence-electron chi connectivity index (χ3n) is 4.50. The third-order valence-corrected chi connectivity index (χ3v) is 4.50. The zero-order chi connectivity index (χ0) is 17.8. The molecule has 2 amide bonds. The molecule has 0 aromatic heterocycles. The molecule has 24 heavy (non-hydrogen) atoms. The number of anilines is 2. The molecule has 0 radical (unpaired) electrons. The number of alkyl halides is 3. The number of hydrogen-bond donors (Lipinski definition) is 2. The molecule has 1 aromatic rings. The maximum atomic E-state index is 13.0. The van der Waals surface area contributed by atoms with Crippen LogP contribution in [0.1, 0.15) is 19.4 Å². The van der Waals surface area contributed by atoms with Crippen LogP contribution in [0.4, 0.5) is 24.5 Å². The lowest BCUT2D eigenvalue weighted by Gasteiger charge is -2.39. The van der Waals surface area contributed by atoms with Crippen molar-refractivity contribution in [1.82, 2.24) is 5.32 Å². The van der Waals surface area contributed by atoms with Crippen LogP contribution in [-0.4, -0.2) is 36.6 Å². The van der Waals surface area contributed by atoms with E-state index in [1.165, 1.54) is 22.8 Å². The number of hydrogen-bond acceptors (Lipinski definition) is 4. The summed E-state index contributed by atoms with van der Waals surface area (Å²) in [6.45, 7) is 3.52. The van der Waals surface area contributed by atoms with Gasteiger partial charge in [0.2, 0.25) is 11.8 Å². The SMILES string of the molecule is C[C@@H]1NC[C@@H]2N(C1=O)c1ccc(C(F)(F)F)cc1N2[C@H](C)C(N)=O. The minimum Gasteiger partial charge on any atom is -0.368 e. The number of carbonyl (C=O) groups is 2. The van der Waals surface area contributed by atoms with E-state index < -0.39 is 35.9 Å². The molecule has 1 fully saturated rings. The predicted molar refractivity (Wildman–Crippen MR) is 81.3 cm³/mol. The second-order valence-electron chi connectivity index (χ2n) is 6.01. The van der Waals surface area contributed by atoms with Gasteiger partial charge in [-0.05, 0) is 32.0 Å². The Morgan fingerprint density at radius 1 is 1.38 bits per heavy atom. The highest BCUT2D eigenvalue weighted by molar-refractivity contribution is 6.05. The maximum Gasteiger partial charge on any atom is 0.416 e. The summed E-state index contributed by atoms with van der Waals surface area (Å²) >= 11 is 0. The number of fused-ring (bicyclic) bond motifs is 3. The lowest BCUT2D eigenvalue weighted by molar-refractivity contribution is -0.137. The van der Waals surface area contributed by atoms with Crippen molar-refractivity contribution < 1.29 is 22.8 Å². The molecule has 2 aliphatic rings. The zero-order valence-electron chi connectivity index (χ0n) is 13.1. The van der Waals surface area contributed by atoms with Crippen molar-refractivity contribution in [1.29, 1.82) is 0 Å². The number of carbonyl (C=O) groups excluding carboxylic acids is 2. The number of nitrogens with two attached hydrogens (primary N) is 1. The molecule has 0 aliphatic carbocycles. The maximum absolute atomic E-state index is 13.0. The van der Waals surface area contributed by atoms with Gasteiger partial charge >= 0.3 is 6.18 Å². The first-order valence-corrected chi connectivity index (χ1v) is 7.48. The molecule has 1 saturated heterocycles. The van der Waals surface area contributed by atoms with Crippen molar-refractivity contribution in [2.45, 2.75) is 38.3 Å². The Kier molecular flexibility index (Phi) is 3.71. The molecular weight excluding hydrogens is 325 g/mol. The second kappa shape index (κ2) is 5.37. The molecule has 9 heteroatoms. The van der Waals surface area contributed by atoms with E-state index in [0.717, 1.165) is 12.1 Å². The number of benzene rings is 1. The lowest BCUT2D eigenvalue weighted by atomic mass is 10.1. The predicted octanol–water partition coefficient (Wildman–Crippen LogP) is 1.05. The summed E-state index contributed by atoms with van der Waals surface area (Å²) in [4.78, 5) is 27.0. The van der Waals surface area contributed by atoms with E-state index in [1.807, 2.05) is 0 Å². The Morgan fingerprint density at radius 2 is 2.04 bits per heavy atom. The zero-order valence-corrected chi connectivity index (χ0v) is 13.1. The normalized spacial score (nSPS) is 24.6. The molecule has 0 saturated carbocycles. The van der Waals surface area contributed by atoms with Crippen LogP contribution >= 0.6 is 0 Å². The van der Waals surface area contributed by atoms with E-state index in [4.69, 9.17) is 5.73 Å². The van der Waals surface area contributed by atoms with Crippen molar-refractivity contribution in [3.63, 3.8) is 0 Å². The van der Waals surface area contributed by atoms with Crippen molar-refractivity contribution in [2.75, 3.05) is 16.3 Å². The number of rotatable bonds is 2. The largest absolute Gasteiger partial charge is 0.416 e. The van der Waals surface area contributed by atoms with Crippen LogP contribution in [0.25, 0.3) is 0 Å². The molecule has 3 atom stereocenters. The van der Waals surface area contributed by atoms with Gasteiger partial charge in [-0.25, -0.2) is 0 Å². The van der Waals surface area contributed by atoms with Gasteiger partial charge in [0.1, 0.15) is 12.2 Å². The molecule has 2 aliphatic heterocycles. The molecule has 3 N–H and O–H groups in total. The number of amides is 2. The van der Waals surface area contributed by atoms with Gasteiger partial charge < -0.3 is 16.0 Å². The summed E-state index contributed by atoms with van der Waals surface area (Å²) in [6.07, 6.45) is -5.11. The molecule has 3 rings (SSSR count). The fourth-order valence-electron chi connectivity index (χ4n) is 3.19. The van der Waals surface area contributed by atoms with Gasteiger partial charge in [-0.3, -0.25) is 14.5 Å². The van der Waals surface area contributed by atoms with Gasteiger partial charge in [-0.1, -0.05) is 0 Å². The van der Waals surface area contributed by atoms with Crippen molar-refractivity contribution >= 4 is 23.2 Å². The number of nitrogens with zero attached hydrogens (tertiary/aromatic N) is 2. The number of halogens is 3. The Morgan fingerprint density at radius 3 is 2.62 bits per heavy atom. The van der Waals surface area contributed by atoms with Gasteiger partial charge in [0.05, 0.1) is 23.0 Å². The summed E-state index contributed by atoms with van der Waals surface area (Å²) in [6, 6.07) is 1.86. The Hall–Kier alpha value is -2.29. The molecule has 0 unspecified atom stereocenters. The van der Waals surface area contributed by atoms with E-state index in [9.17, 15) is 22.8 Å². The molecule has 2 heterocycles. The van der Waals surface area contributed by atoms with Crippen LogP contribution in [0.5, 0.6) is 0 Å². The van der Waals surface area contributed by atoms with E-state index >= 15 is 0 Å². The summed E-state index contributed by atoms with van der Waals surface area (Å²) < 4.78 is 39.1. The van der Waals surface area contributed by atoms with Crippen LogP contribution in [0.2, 0.25) is 0 Å². The molecule has 130 valence electrons. The van der Waals surface area contributed by atoms with E-state index in [1.54, 1.807) is 6.92 Å².